The van der Waals surface area contributed by atoms with Gasteiger partial charge in [-0.15, -0.1) is 0 Å². The minimum absolute atomic E-state index is 0.00603. The number of rotatable bonds is 6. The predicted octanol–water partition coefficient (Wildman–Crippen LogP) is 3.67. The Kier molecular flexibility index (Phi) is 5.70. The molecule has 6 nitrogen and oxygen atoms in total. The summed E-state index contributed by atoms with van der Waals surface area (Å²) in [5, 5.41) is 28.7. The van der Waals surface area contributed by atoms with Gasteiger partial charge in [0.1, 0.15) is 17.2 Å². The van der Waals surface area contributed by atoms with Crippen molar-refractivity contribution < 1.29 is 28.5 Å². The van der Waals surface area contributed by atoms with Gasteiger partial charge in [0, 0.05) is 11.1 Å². The van der Waals surface area contributed by atoms with E-state index >= 15 is 0 Å². The maximum absolute atomic E-state index is 12.6. The van der Waals surface area contributed by atoms with Crippen LogP contribution in [-0.2, 0) is 15.6 Å². The SMILES string of the molecule is O=C(/C=C/c1cc(O)ccc1O)c1cccc(CS(=O)(=O)c2cccc(O)c2)c1. The standard InChI is InChI=1S/C22H18O6S/c23-18-5-2-6-20(13-18)29(27,28)14-15-3-1-4-16(11-15)21(25)9-7-17-12-19(24)8-10-22(17)26/h1-13,23-24,26H,14H2/b9-7+. The molecule has 0 amide bonds. The molecule has 0 aliphatic carbocycles. The summed E-state index contributed by atoms with van der Waals surface area (Å²) in [5.74, 6) is -0.985. The quantitative estimate of drug-likeness (QED) is 0.325. The molecule has 3 rings (SSSR count). The highest BCUT2D eigenvalue weighted by Crippen LogP contribution is 2.24. The van der Waals surface area contributed by atoms with Gasteiger partial charge in [-0.05, 0) is 60.2 Å². The predicted molar refractivity (Wildman–Crippen MR) is 109 cm³/mol. The molecule has 0 saturated carbocycles. The molecule has 3 N–H and O–H groups in total. The van der Waals surface area contributed by atoms with Gasteiger partial charge in [-0.1, -0.05) is 24.3 Å². The molecule has 3 aromatic rings. The van der Waals surface area contributed by atoms with E-state index in [2.05, 4.69) is 0 Å². The van der Waals surface area contributed by atoms with Crippen molar-refractivity contribution in [3.05, 3.63) is 89.5 Å². The second-order valence-corrected chi connectivity index (χ2v) is 8.39. The summed E-state index contributed by atoms with van der Waals surface area (Å²) in [6.45, 7) is 0. The van der Waals surface area contributed by atoms with Gasteiger partial charge in [-0.25, -0.2) is 8.42 Å². The molecule has 0 aromatic heterocycles. The van der Waals surface area contributed by atoms with Crippen LogP contribution < -0.4 is 0 Å². The summed E-state index contributed by atoms with van der Waals surface area (Å²) in [6, 6.07) is 15.6. The largest absolute Gasteiger partial charge is 0.508 e. The lowest BCUT2D eigenvalue weighted by Gasteiger charge is -2.06. The zero-order chi connectivity index (χ0) is 21.0. The highest BCUT2D eigenvalue weighted by molar-refractivity contribution is 7.90. The van der Waals surface area contributed by atoms with E-state index in [1.165, 1.54) is 60.7 Å². The molecule has 0 fully saturated rings. The molecular weight excluding hydrogens is 392 g/mol. The van der Waals surface area contributed by atoms with Crippen LogP contribution >= 0.6 is 0 Å². The van der Waals surface area contributed by atoms with Crippen LogP contribution in [0.3, 0.4) is 0 Å². The Morgan fingerprint density at radius 2 is 1.59 bits per heavy atom. The summed E-state index contributed by atoms with van der Waals surface area (Å²) in [5.41, 5.74) is 0.985. The fraction of sp³-hybridized carbons (Fsp3) is 0.0455. The van der Waals surface area contributed by atoms with Crippen molar-refractivity contribution >= 4 is 21.7 Å². The minimum atomic E-state index is -3.69. The highest BCUT2D eigenvalue weighted by atomic mass is 32.2. The Morgan fingerprint density at radius 3 is 2.34 bits per heavy atom. The number of sulfone groups is 1. The van der Waals surface area contributed by atoms with Gasteiger partial charge in [0.2, 0.25) is 0 Å². The molecule has 0 spiro atoms. The van der Waals surface area contributed by atoms with Crippen molar-refractivity contribution in [1.82, 2.24) is 0 Å². The molecule has 0 bridgehead atoms. The number of carbonyl (C=O) groups is 1. The van der Waals surface area contributed by atoms with Crippen LogP contribution in [0.2, 0.25) is 0 Å². The molecular formula is C22H18O6S. The number of hydrogen-bond donors (Lipinski definition) is 3. The van der Waals surface area contributed by atoms with Gasteiger partial charge < -0.3 is 15.3 Å². The van der Waals surface area contributed by atoms with Crippen LogP contribution in [0.5, 0.6) is 17.2 Å². The van der Waals surface area contributed by atoms with E-state index in [0.717, 1.165) is 0 Å². The summed E-state index contributed by atoms with van der Waals surface area (Å²) in [4.78, 5) is 12.4. The van der Waals surface area contributed by atoms with Gasteiger partial charge >= 0.3 is 0 Å². The van der Waals surface area contributed by atoms with Gasteiger partial charge in [0.15, 0.2) is 15.6 Å². The average Bonchev–Trinajstić information content (AvgIpc) is 2.68. The zero-order valence-corrected chi connectivity index (χ0v) is 16.0. The number of phenols is 3. The van der Waals surface area contributed by atoms with E-state index in [0.29, 0.717) is 5.56 Å². The van der Waals surface area contributed by atoms with Gasteiger partial charge in [-0.2, -0.15) is 0 Å². The number of ketones is 1. The fourth-order valence-corrected chi connectivity index (χ4v) is 4.10. The first kappa shape index (κ1) is 20.2. The molecule has 0 unspecified atom stereocenters. The zero-order valence-electron chi connectivity index (χ0n) is 15.2. The Morgan fingerprint density at radius 1 is 0.862 bits per heavy atom. The van der Waals surface area contributed by atoms with E-state index in [-0.39, 0.29) is 44.8 Å². The van der Waals surface area contributed by atoms with Crippen LogP contribution in [0.15, 0.2) is 77.7 Å². The van der Waals surface area contributed by atoms with E-state index in [1.54, 1.807) is 18.2 Å². The summed E-state index contributed by atoms with van der Waals surface area (Å²) in [7, 11) is -3.69. The lowest BCUT2D eigenvalue weighted by molar-refractivity contribution is 0.104. The molecule has 0 atom stereocenters. The molecule has 7 heteroatoms. The Labute approximate surface area is 167 Å². The third kappa shape index (κ3) is 5.03. The summed E-state index contributed by atoms with van der Waals surface area (Å²) < 4.78 is 25.1. The lowest BCUT2D eigenvalue weighted by atomic mass is 10.1. The number of allylic oxidation sites excluding steroid dienone is 1. The van der Waals surface area contributed by atoms with Crippen molar-refractivity contribution in [2.75, 3.05) is 0 Å². The van der Waals surface area contributed by atoms with Crippen LogP contribution in [0.4, 0.5) is 0 Å². The molecule has 29 heavy (non-hydrogen) atoms. The molecule has 0 heterocycles. The minimum Gasteiger partial charge on any atom is -0.508 e. The Hall–Kier alpha value is -3.58. The second kappa shape index (κ2) is 8.20. The van der Waals surface area contributed by atoms with Gasteiger partial charge in [0.25, 0.3) is 0 Å². The third-order valence-corrected chi connectivity index (χ3v) is 5.86. The first-order valence-electron chi connectivity index (χ1n) is 8.60. The van der Waals surface area contributed by atoms with Gasteiger partial charge in [-0.3, -0.25) is 4.79 Å². The van der Waals surface area contributed by atoms with Crippen molar-refractivity contribution in [3.8, 4) is 17.2 Å². The first-order chi connectivity index (χ1) is 13.7. The highest BCUT2D eigenvalue weighted by Gasteiger charge is 2.16. The van der Waals surface area contributed by atoms with E-state index in [9.17, 15) is 28.5 Å². The van der Waals surface area contributed by atoms with E-state index < -0.39 is 9.84 Å². The first-order valence-corrected chi connectivity index (χ1v) is 10.2. The number of aromatic hydroxyl groups is 3. The molecule has 0 saturated heterocycles. The lowest BCUT2D eigenvalue weighted by Crippen LogP contribution is -2.06. The van der Waals surface area contributed by atoms with E-state index in [1.807, 2.05) is 0 Å². The van der Waals surface area contributed by atoms with Crippen molar-refractivity contribution in [2.24, 2.45) is 0 Å². The second-order valence-electron chi connectivity index (χ2n) is 6.40. The van der Waals surface area contributed by atoms with Crippen molar-refractivity contribution in [3.63, 3.8) is 0 Å². The van der Waals surface area contributed by atoms with Crippen molar-refractivity contribution in [2.45, 2.75) is 10.6 Å². The van der Waals surface area contributed by atoms with E-state index in [4.69, 9.17) is 0 Å². The molecule has 0 aliphatic heterocycles. The average molecular weight is 410 g/mol. The topological polar surface area (TPSA) is 112 Å². The molecule has 0 aliphatic rings. The molecule has 0 radical (unpaired) electrons. The summed E-state index contributed by atoms with van der Waals surface area (Å²) >= 11 is 0. The Bertz CT molecular complexity index is 1200. The Balaban J connectivity index is 1.81. The van der Waals surface area contributed by atoms with Crippen molar-refractivity contribution in [1.29, 1.82) is 0 Å². The maximum Gasteiger partial charge on any atom is 0.185 e. The monoisotopic (exact) mass is 410 g/mol. The maximum atomic E-state index is 12.6. The number of benzene rings is 3. The molecule has 3 aromatic carbocycles. The number of hydrogen-bond acceptors (Lipinski definition) is 6. The smallest absolute Gasteiger partial charge is 0.185 e. The summed E-state index contributed by atoms with van der Waals surface area (Å²) in [6.07, 6.45) is 2.60. The number of phenolic OH excluding ortho intramolecular Hbond substituents is 3. The third-order valence-electron chi connectivity index (χ3n) is 4.17. The van der Waals surface area contributed by atoms with Crippen LogP contribution in [0.1, 0.15) is 21.5 Å². The molecule has 148 valence electrons. The normalized spacial score (nSPS) is 11.6. The van der Waals surface area contributed by atoms with Crippen LogP contribution in [0.25, 0.3) is 6.08 Å². The number of carbonyl (C=O) groups excluding carboxylic acids is 1. The van der Waals surface area contributed by atoms with Crippen LogP contribution in [0, 0.1) is 0 Å². The van der Waals surface area contributed by atoms with Crippen LogP contribution in [-0.4, -0.2) is 29.5 Å². The fourth-order valence-electron chi connectivity index (χ4n) is 2.73. The van der Waals surface area contributed by atoms with Gasteiger partial charge in [0.05, 0.1) is 10.6 Å².